The molecule has 0 aromatic carbocycles. The van der Waals surface area contributed by atoms with Gasteiger partial charge in [-0.1, -0.05) is 90.4 Å². The van der Waals surface area contributed by atoms with Crippen molar-refractivity contribution in [2.75, 3.05) is 0 Å². The number of pyridine rings is 1. The minimum Gasteiger partial charge on any atom is -0.260 e. The van der Waals surface area contributed by atoms with Gasteiger partial charge in [0.05, 0.1) is 11.4 Å². The minimum absolute atomic E-state index is 0.431. The fourth-order valence-corrected chi connectivity index (χ4v) is 5.39. The highest BCUT2D eigenvalue weighted by Gasteiger charge is 2.37. The van der Waals surface area contributed by atoms with Gasteiger partial charge in [0.25, 0.3) is 0 Å². The molecule has 0 spiro atoms. The van der Waals surface area contributed by atoms with E-state index in [1.54, 1.807) is 0 Å². The number of unbranched alkanes of at least 4 members (excludes halogenated alkanes) is 2. The maximum atomic E-state index is 5.21. The number of hydrogen-bond acceptors (Lipinski definition) is 2. The zero-order valence-electron chi connectivity index (χ0n) is 23.7. The van der Waals surface area contributed by atoms with Crippen molar-refractivity contribution in [1.82, 2.24) is 4.98 Å². The molecule has 0 bridgehead atoms. The summed E-state index contributed by atoms with van der Waals surface area (Å²) < 4.78 is 0. The summed E-state index contributed by atoms with van der Waals surface area (Å²) in [4.78, 5) is 10.2. The van der Waals surface area contributed by atoms with E-state index in [1.165, 1.54) is 53.7 Å². The van der Waals surface area contributed by atoms with Crippen molar-refractivity contribution in [3.63, 3.8) is 0 Å². The largest absolute Gasteiger partial charge is 0.260 e. The van der Waals surface area contributed by atoms with E-state index in [2.05, 4.69) is 83.9 Å². The number of hydrogen-bond donors (Lipinski definition) is 0. The topological polar surface area (TPSA) is 25.2 Å². The van der Waals surface area contributed by atoms with E-state index >= 15 is 0 Å². The molecule has 194 valence electrons. The highest BCUT2D eigenvalue weighted by atomic mass is 14.7. The molecule has 2 heteroatoms. The van der Waals surface area contributed by atoms with E-state index in [0.29, 0.717) is 17.8 Å². The average Bonchev–Trinajstić information content (AvgIpc) is 2.96. The van der Waals surface area contributed by atoms with Crippen molar-refractivity contribution >= 4 is 11.8 Å². The molecule has 0 radical (unpaired) electrons. The summed E-state index contributed by atoms with van der Waals surface area (Å²) in [7, 11) is 0. The smallest absolute Gasteiger partial charge is 0.0634 e. The van der Waals surface area contributed by atoms with Crippen LogP contribution >= 0.6 is 0 Å². The van der Waals surface area contributed by atoms with Gasteiger partial charge in [0, 0.05) is 35.9 Å². The molecule has 1 heterocycles. The number of allylic oxidation sites excluding steroid dienone is 5. The van der Waals surface area contributed by atoms with Crippen LogP contribution in [0.25, 0.3) is 5.57 Å². The second-order valence-electron chi connectivity index (χ2n) is 11.1. The van der Waals surface area contributed by atoms with Gasteiger partial charge in [-0.05, 0) is 74.0 Å². The first-order valence-electron chi connectivity index (χ1n) is 14.6. The van der Waals surface area contributed by atoms with Crippen molar-refractivity contribution in [2.45, 2.75) is 112 Å². The van der Waals surface area contributed by atoms with E-state index in [9.17, 15) is 0 Å². The summed E-state index contributed by atoms with van der Waals surface area (Å²) >= 11 is 0. The van der Waals surface area contributed by atoms with Crippen LogP contribution in [0.3, 0.4) is 0 Å². The Morgan fingerprint density at radius 1 is 1.22 bits per heavy atom. The molecular formula is C34H48N2. The van der Waals surface area contributed by atoms with Crippen molar-refractivity contribution in [1.29, 1.82) is 0 Å². The SMILES string of the molecule is C\C=C(/C=N/C(=C/CCC)C1=C(C#CCCC)c2cccnc2C(C)C(C2CCC2)C1)CCC(C)C. The lowest BCUT2D eigenvalue weighted by Crippen LogP contribution is -2.27. The molecular weight excluding hydrogens is 436 g/mol. The van der Waals surface area contributed by atoms with E-state index in [1.807, 2.05) is 6.20 Å². The first-order chi connectivity index (χ1) is 17.5. The molecule has 0 aliphatic heterocycles. The molecule has 1 fully saturated rings. The monoisotopic (exact) mass is 484 g/mol. The Bertz CT molecular complexity index is 1040. The summed E-state index contributed by atoms with van der Waals surface area (Å²) in [5.74, 6) is 9.63. The van der Waals surface area contributed by atoms with Crippen LogP contribution in [0.2, 0.25) is 0 Å². The lowest BCUT2D eigenvalue weighted by atomic mass is 9.68. The Balaban J connectivity index is 2.15. The molecule has 2 nitrogen and oxygen atoms in total. The Hall–Kier alpha value is -2.40. The highest BCUT2D eigenvalue weighted by Crippen LogP contribution is 2.49. The molecule has 0 amide bonds. The van der Waals surface area contributed by atoms with Crippen LogP contribution in [0, 0.1) is 29.6 Å². The Labute approximate surface area is 221 Å². The molecule has 0 saturated heterocycles. The number of aromatic nitrogens is 1. The van der Waals surface area contributed by atoms with Gasteiger partial charge in [0.2, 0.25) is 0 Å². The second kappa shape index (κ2) is 14.4. The molecule has 0 N–H and O–H groups in total. The normalized spacial score (nSPS) is 21.3. The van der Waals surface area contributed by atoms with Crippen LogP contribution in [-0.4, -0.2) is 11.2 Å². The number of fused-ring (bicyclic) bond motifs is 1. The Kier molecular flexibility index (Phi) is 11.2. The molecule has 2 atom stereocenters. The lowest BCUT2D eigenvalue weighted by molar-refractivity contribution is 0.180. The van der Waals surface area contributed by atoms with Gasteiger partial charge in [-0.25, -0.2) is 0 Å². The van der Waals surface area contributed by atoms with Gasteiger partial charge < -0.3 is 0 Å². The van der Waals surface area contributed by atoms with Gasteiger partial charge >= 0.3 is 0 Å². The molecule has 1 aromatic heterocycles. The first kappa shape index (κ1) is 28.2. The average molecular weight is 485 g/mol. The van der Waals surface area contributed by atoms with Gasteiger partial charge in [0.15, 0.2) is 0 Å². The van der Waals surface area contributed by atoms with Crippen molar-refractivity contribution < 1.29 is 0 Å². The fourth-order valence-electron chi connectivity index (χ4n) is 5.39. The van der Waals surface area contributed by atoms with Gasteiger partial charge in [-0.2, -0.15) is 0 Å². The van der Waals surface area contributed by atoms with Crippen LogP contribution in [0.4, 0.5) is 0 Å². The zero-order valence-corrected chi connectivity index (χ0v) is 23.7. The quantitative estimate of drug-likeness (QED) is 0.240. The summed E-state index contributed by atoms with van der Waals surface area (Å²) in [6.07, 6.45) is 20.2. The van der Waals surface area contributed by atoms with Gasteiger partial charge in [-0.3, -0.25) is 9.98 Å². The third-order valence-corrected chi connectivity index (χ3v) is 7.95. The van der Waals surface area contributed by atoms with Crippen molar-refractivity contribution in [3.05, 3.63) is 58.6 Å². The maximum Gasteiger partial charge on any atom is 0.0634 e. The minimum atomic E-state index is 0.431. The van der Waals surface area contributed by atoms with Crippen LogP contribution < -0.4 is 0 Å². The number of aliphatic imine (C=N–C) groups is 1. The fraction of sp³-hybridized carbons (Fsp3) is 0.588. The molecule has 2 aliphatic rings. The summed E-state index contributed by atoms with van der Waals surface area (Å²) in [6, 6.07) is 4.33. The maximum absolute atomic E-state index is 5.21. The van der Waals surface area contributed by atoms with Crippen LogP contribution in [0.15, 0.2) is 52.3 Å². The molecule has 2 unspecified atom stereocenters. The molecule has 2 aliphatic carbocycles. The van der Waals surface area contributed by atoms with Gasteiger partial charge in [-0.15, -0.1) is 0 Å². The summed E-state index contributed by atoms with van der Waals surface area (Å²) in [5, 5.41) is 0. The zero-order chi connectivity index (χ0) is 25.9. The summed E-state index contributed by atoms with van der Waals surface area (Å²) in [6.45, 7) is 13.6. The third-order valence-electron chi connectivity index (χ3n) is 7.95. The van der Waals surface area contributed by atoms with Crippen LogP contribution in [0.5, 0.6) is 0 Å². The lowest BCUT2D eigenvalue weighted by Gasteiger charge is -2.37. The predicted molar refractivity (Wildman–Crippen MR) is 157 cm³/mol. The Morgan fingerprint density at radius 3 is 2.67 bits per heavy atom. The van der Waals surface area contributed by atoms with E-state index in [4.69, 9.17) is 9.98 Å². The number of nitrogens with zero attached hydrogens (tertiary/aromatic N) is 2. The van der Waals surface area contributed by atoms with E-state index < -0.39 is 0 Å². The molecule has 36 heavy (non-hydrogen) atoms. The van der Waals surface area contributed by atoms with Crippen LogP contribution in [0.1, 0.15) is 123 Å². The van der Waals surface area contributed by atoms with Crippen LogP contribution in [-0.2, 0) is 0 Å². The second-order valence-corrected chi connectivity index (χ2v) is 11.1. The highest BCUT2D eigenvalue weighted by molar-refractivity contribution is 5.87. The van der Waals surface area contributed by atoms with Gasteiger partial charge in [0.1, 0.15) is 0 Å². The predicted octanol–water partition coefficient (Wildman–Crippen LogP) is 9.70. The molecule has 1 aromatic rings. The first-order valence-corrected chi connectivity index (χ1v) is 14.6. The molecule has 3 rings (SSSR count). The number of rotatable bonds is 10. The van der Waals surface area contributed by atoms with Crippen molar-refractivity contribution in [2.24, 2.45) is 22.7 Å². The van der Waals surface area contributed by atoms with Crippen molar-refractivity contribution in [3.8, 4) is 11.8 Å². The Morgan fingerprint density at radius 2 is 2.03 bits per heavy atom. The molecule has 1 saturated carbocycles. The van der Waals surface area contributed by atoms with E-state index in [0.717, 1.165) is 50.1 Å². The standard InChI is InChI=1S/C34H48N2/c1-7-10-12-17-29-30-18-14-22-35-34(30)26(6)31(28-15-13-16-28)23-32(29)33(19-11-8-2)36-24-27(9-3)21-20-25(4)5/h9,14,18-19,22,24-26,28,31H,7-8,10-11,13,15-16,20-21,23H2,1-6H3/b27-9-,33-19+,36-24+. The third kappa shape index (κ3) is 7.32. The summed E-state index contributed by atoms with van der Waals surface area (Å²) in [5.41, 5.74) is 7.44. The van der Waals surface area contributed by atoms with E-state index in [-0.39, 0.29) is 0 Å².